The summed E-state index contributed by atoms with van der Waals surface area (Å²) < 4.78 is 11.1. The molecule has 32 heavy (non-hydrogen) atoms. The predicted molar refractivity (Wildman–Crippen MR) is 127 cm³/mol. The second-order valence-corrected chi connectivity index (χ2v) is 9.01. The van der Waals surface area contributed by atoms with Crippen LogP contribution in [0.5, 0.6) is 0 Å². The van der Waals surface area contributed by atoms with Crippen molar-refractivity contribution in [2.45, 2.75) is 136 Å². The maximum atomic E-state index is 13.0. The van der Waals surface area contributed by atoms with E-state index < -0.39 is 18.0 Å². The van der Waals surface area contributed by atoms with Gasteiger partial charge in [0.2, 0.25) is 6.10 Å². The van der Waals surface area contributed by atoms with Gasteiger partial charge in [0.15, 0.2) is 0 Å². The lowest BCUT2D eigenvalue weighted by molar-refractivity contribution is -0.171. The van der Waals surface area contributed by atoms with Gasteiger partial charge in [0.25, 0.3) is 6.47 Å². The molecule has 0 aromatic rings. The van der Waals surface area contributed by atoms with E-state index in [1.54, 1.807) is 0 Å². The van der Waals surface area contributed by atoms with Crippen molar-refractivity contribution in [1.82, 2.24) is 0 Å². The predicted octanol–water partition coefficient (Wildman–Crippen LogP) is 6.69. The summed E-state index contributed by atoms with van der Waals surface area (Å²) in [5.74, 6) is -1.73. The maximum Gasteiger partial charge on any atom is 0.348 e. The first-order valence-corrected chi connectivity index (χ1v) is 13.0. The highest BCUT2D eigenvalue weighted by Gasteiger charge is 2.32. The molecule has 0 aliphatic rings. The molecule has 6 nitrogen and oxygen atoms in total. The number of carbonyl (C=O) groups is 3. The van der Waals surface area contributed by atoms with Gasteiger partial charge >= 0.3 is 11.9 Å². The van der Waals surface area contributed by atoms with Crippen LogP contribution in [0.3, 0.4) is 0 Å². The fourth-order valence-corrected chi connectivity index (χ4v) is 4.39. The molecule has 0 aromatic carbocycles. The molecule has 6 heteroatoms. The van der Waals surface area contributed by atoms with Gasteiger partial charge in [0, 0.05) is 5.92 Å². The zero-order valence-electron chi connectivity index (χ0n) is 21.0. The molecule has 0 bridgehead atoms. The Kier molecular flexibility index (Phi) is 19.1. The van der Waals surface area contributed by atoms with Gasteiger partial charge in [-0.15, -0.1) is 0 Å². The Morgan fingerprint density at radius 1 is 0.750 bits per heavy atom. The van der Waals surface area contributed by atoms with Crippen molar-refractivity contribution in [3.63, 3.8) is 0 Å². The van der Waals surface area contributed by atoms with Crippen LogP contribution in [-0.2, 0) is 23.9 Å². The molecule has 0 radical (unpaired) electrons. The fraction of sp³-hybridized carbons (Fsp3) is 0.885. The van der Waals surface area contributed by atoms with Gasteiger partial charge in [-0.05, 0) is 44.9 Å². The summed E-state index contributed by atoms with van der Waals surface area (Å²) >= 11 is 0. The highest BCUT2D eigenvalue weighted by atomic mass is 16.6. The number of ether oxygens (including phenoxy) is 2. The van der Waals surface area contributed by atoms with Crippen LogP contribution in [0.2, 0.25) is 0 Å². The number of carboxylic acids is 1. The van der Waals surface area contributed by atoms with Crippen molar-refractivity contribution in [1.29, 1.82) is 0 Å². The first-order valence-electron chi connectivity index (χ1n) is 13.0. The summed E-state index contributed by atoms with van der Waals surface area (Å²) in [5, 5.41) is 9.38. The number of aliphatic carboxylic acids is 1. The van der Waals surface area contributed by atoms with E-state index in [4.69, 9.17) is 9.47 Å². The van der Waals surface area contributed by atoms with E-state index in [9.17, 15) is 19.5 Å². The summed E-state index contributed by atoms with van der Waals surface area (Å²) in [5.41, 5.74) is 0. The minimum atomic E-state index is -0.915. The molecular formula is C26H48O6. The number of unbranched alkanes of at least 4 members (excludes halogenated alkanes) is 4. The molecule has 0 amide bonds. The van der Waals surface area contributed by atoms with Crippen molar-refractivity contribution in [3.8, 4) is 0 Å². The van der Waals surface area contributed by atoms with Crippen molar-refractivity contribution in [2.24, 2.45) is 11.8 Å². The van der Waals surface area contributed by atoms with Crippen LogP contribution in [0.4, 0.5) is 0 Å². The minimum Gasteiger partial charge on any atom is -0.481 e. The minimum absolute atomic E-state index is 0.143. The Balaban J connectivity index is 4.98. The van der Waals surface area contributed by atoms with E-state index in [1.807, 2.05) is 13.8 Å². The van der Waals surface area contributed by atoms with Gasteiger partial charge in [-0.2, -0.15) is 0 Å². The van der Waals surface area contributed by atoms with Crippen LogP contribution in [-0.4, -0.2) is 35.7 Å². The molecule has 0 spiro atoms. The lowest BCUT2D eigenvalue weighted by Crippen LogP contribution is -2.36. The fourth-order valence-electron chi connectivity index (χ4n) is 4.39. The van der Waals surface area contributed by atoms with Crippen LogP contribution in [0.25, 0.3) is 0 Å². The van der Waals surface area contributed by atoms with E-state index in [2.05, 4.69) is 13.8 Å². The quantitative estimate of drug-likeness (QED) is 0.111. The van der Waals surface area contributed by atoms with Crippen LogP contribution >= 0.6 is 0 Å². The molecule has 0 saturated heterocycles. The lowest BCUT2D eigenvalue weighted by Gasteiger charge is -2.27. The van der Waals surface area contributed by atoms with Crippen LogP contribution < -0.4 is 0 Å². The molecule has 4 atom stereocenters. The molecule has 0 saturated carbocycles. The van der Waals surface area contributed by atoms with Crippen molar-refractivity contribution in [2.75, 3.05) is 0 Å². The number of hydrogen-bond donors (Lipinski definition) is 1. The SMILES string of the molecule is CCCCCCCC(CCC)OC(=O)C(OC=O)C(CCC)CCCC(CCC)C(=O)O. The molecule has 0 aromatic heterocycles. The van der Waals surface area contributed by atoms with Crippen molar-refractivity contribution >= 4 is 18.4 Å². The van der Waals surface area contributed by atoms with E-state index in [0.29, 0.717) is 32.2 Å². The molecule has 0 aliphatic heterocycles. The van der Waals surface area contributed by atoms with E-state index in [1.165, 1.54) is 19.3 Å². The van der Waals surface area contributed by atoms with Gasteiger partial charge < -0.3 is 14.6 Å². The highest BCUT2D eigenvalue weighted by molar-refractivity contribution is 5.76. The molecule has 0 aliphatic carbocycles. The maximum absolute atomic E-state index is 13.0. The summed E-state index contributed by atoms with van der Waals surface area (Å²) in [4.78, 5) is 35.6. The molecule has 4 unspecified atom stereocenters. The van der Waals surface area contributed by atoms with Crippen molar-refractivity contribution < 1.29 is 29.0 Å². The summed E-state index contributed by atoms with van der Waals surface area (Å²) in [6.45, 7) is 8.62. The first-order chi connectivity index (χ1) is 15.4. The summed E-state index contributed by atoms with van der Waals surface area (Å²) in [7, 11) is 0. The smallest absolute Gasteiger partial charge is 0.348 e. The zero-order chi connectivity index (χ0) is 24.2. The third-order valence-electron chi connectivity index (χ3n) is 6.16. The average molecular weight is 457 g/mol. The van der Waals surface area contributed by atoms with Gasteiger partial charge in [0.1, 0.15) is 6.10 Å². The molecule has 1 N–H and O–H groups in total. The second kappa shape index (κ2) is 20.0. The first kappa shape index (κ1) is 30.4. The van der Waals surface area contributed by atoms with Gasteiger partial charge in [-0.1, -0.05) is 79.1 Å². The standard InChI is InChI=1S/C26H48O6/c1-5-9-10-11-12-19-23(16-8-4)32-26(30)24(31-20-27)21(14-6-2)17-13-18-22(15-7-3)25(28)29/h20-24H,5-19H2,1-4H3,(H,28,29). The third-order valence-corrected chi connectivity index (χ3v) is 6.16. The molecule has 0 heterocycles. The second-order valence-electron chi connectivity index (χ2n) is 9.01. The van der Waals surface area contributed by atoms with Crippen LogP contribution in [0.15, 0.2) is 0 Å². The highest BCUT2D eigenvalue weighted by Crippen LogP contribution is 2.26. The topological polar surface area (TPSA) is 89.9 Å². The van der Waals surface area contributed by atoms with E-state index in [-0.39, 0.29) is 17.9 Å². The number of hydrogen-bond acceptors (Lipinski definition) is 5. The van der Waals surface area contributed by atoms with E-state index >= 15 is 0 Å². The normalized spacial score (nSPS) is 14.9. The van der Waals surface area contributed by atoms with E-state index in [0.717, 1.165) is 51.4 Å². The Labute approximate surface area is 195 Å². The molecule has 0 rings (SSSR count). The van der Waals surface area contributed by atoms with Crippen molar-refractivity contribution in [3.05, 3.63) is 0 Å². The lowest BCUT2D eigenvalue weighted by atomic mass is 9.88. The number of esters is 1. The van der Waals surface area contributed by atoms with Crippen LogP contribution in [0.1, 0.15) is 124 Å². The van der Waals surface area contributed by atoms with Gasteiger partial charge in [-0.25, -0.2) is 4.79 Å². The van der Waals surface area contributed by atoms with Gasteiger partial charge in [0.05, 0.1) is 5.92 Å². The summed E-state index contributed by atoms with van der Waals surface area (Å²) in [6, 6.07) is 0. The number of carboxylic acid groups (broad SMARTS) is 1. The number of rotatable bonds is 22. The van der Waals surface area contributed by atoms with Gasteiger partial charge in [-0.3, -0.25) is 9.59 Å². The van der Waals surface area contributed by atoms with Crippen LogP contribution in [0, 0.1) is 11.8 Å². The molecular weight excluding hydrogens is 408 g/mol. The summed E-state index contributed by atoms with van der Waals surface area (Å²) in [6.07, 6.45) is 12.3. The third kappa shape index (κ3) is 13.7. The largest absolute Gasteiger partial charge is 0.481 e. The number of carbonyl (C=O) groups excluding carboxylic acids is 2. The Morgan fingerprint density at radius 2 is 1.41 bits per heavy atom. The molecule has 0 fully saturated rings. The molecule has 188 valence electrons. The monoisotopic (exact) mass is 456 g/mol. The Hall–Kier alpha value is -1.59. The Bertz CT molecular complexity index is 493. The average Bonchev–Trinajstić information content (AvgIpc) is 2.76. The Morgan fingerprint density at radius 3 is 1.97 bits per heavy atom. The zero-order valence-corrected chi connectivity index (χ0v) is 21.0.